The first kappa shape index (κ1) is 20.1. The van der Waals surface area contributed by atoms with Gasteiger partial charge in [-0.3, -0.25) is 14.9 Å². The number of imide groups is 1. The molecule has 2 atom stereocenters. The molecule has 1 aliphatic carbocycles. The number of hydrogen-bond donors (Lipinski definition) is 2. The highest BCUT2D eigenvalue weighted by Gasteiger charge is 2.48. The van der Waals surface area contributed by atoms with Crippen molar-refractivity contribution in [1.29, 1.82) is 0 Å². The zero-order chi connectivity index (χ0) is 21.7. The average Bonchev–Trinajstić information content (AvgIpc) is 3.15. The number of Topliss-reactive ketones (excluding diaryl/α,β-unsaturated/α-hetero) is 1. The molecule has 5 nitrogen and oxygen atoms in total. The van der Waals surface area contributed by atoms with Gasteiger partial charge in [0.25, 0.3) is 5.91 Å². The molecule has 4 rings (SSSR count). The maximum atomic E-state index is 13.5. The van der Waals surface area contributed by atoms with Crippen molar-refractivity contribution in [2.45, 2.75) is 31.0 Å². The van der Waals surface area contributed by atoms with Crippen LogP contribution < -0.4 is 10.6 Å². The van der Waals surface area contributed by atoms with E-state index in [1.165, 1.54) is 18.2 Å². The van der Waals surface area contributed by atoms with Crippen LogP contribution in [0.2, 0.25) is 0 Å². The topological polar surface area (TPSA) is 75.3 Å². The number of benzene rings is 2. The Labute approximate surface area is 168 Å². The number of fused-ring (bicyclic) bond motifs is 1. The van der Waals surface area contributed by atoms with Crippen molar-refractivity contribution in [2.75, 3.05) is 0 Å². The first-order valence-electron chi connectivity index (χ1n) is 9.24. The van der Waals surface area contributed by atoms with Crippen LogP contribution in [0, 0.1) is 11.7 Å². The summed E-state index contributed by atoms with van der Waals surface area (Å²) in [7, 11) is 0. The van der Waals surface area contributed by atoms with Gasteiger partial charge in [-0.25, -0.2) is 9.18 Å². The van der Waals surface area contributed by atoms with Crippen molar-refractivity contribution in [3.8, 4) is 0 Å². The molecule has 3 amide bonds. The SMILES string of the molecule is O=C1NC(=O)C(CCC2Cc3ccc(F)cc3C2=O)(c2ccc(C(F)(F)F)cc2)N1. The summed E-state index contributed by atoms with van der Waals surface area (Å²) in [4.78, 5) is 37.0. The van der Waals surface area contributed by atoms with Gasteiger partial charge in [0.05, 0.1) is 5.56 Å². The summed E-state index contributed by atoms with van der Waals surface area (Å²) in [6.45, 7) is 0. The predicted octanol–water partition coefficient (Wildman–Crippen LogP) is 3.71. The molecule has 156 valence electrons. The van der Waals surface area contributed by atoms with Gasteiger partial charge in [0.1, 0.15) is 11.4 Å². The second-order valence-corrected chi connectivity index (χ2v) is 7.49. The maximum absolute atomic E-state index is 13.5. The molecule has 2 aliphatic rings. The van der Waals surface area contributed by atoms with E-state index in [-0.39, 0.29) is 24.2 Å². The van der Waals surface area contributed by atoms with Crippen LogP contribution >= 0.6 is 0 Å². The summed E-state index contributed by atoms with van der Waals surface area (Å²) in [5.41, 5.74) is -1.28. The minimum absolute atomic E-state index is 0.00279. The molecule has 0 aromatic heterocycles. The Kier molecular flexibility index (Phi) is 4.63. The fourth-order valence-electron chi connectivity index (χ4n) is 4.12. The van der Waals surface area contributed by atoms with Gasteiger partial charge >= 0.3 is 12.2 Å². The standard InChI is InChI=1S/C21H16F4N2O3/c22-15-6-1-11-9-12(17(28)16(11)10-15)7-8-20(18(29)26-19(30)27-20)13-2-4-14(5-3-13)21(23,24)25/h1-6,10,12H,7-9H2,(H2,26,27,29,30). The van der Waals surface area contributed by atoms with E-state index in [9.17, 15) is 31.9 Å². The van der Waals surface area contributed by atoms with Crippen LogP contribution in [0.1, 0.15) is 39.9 Å². The molecule has 0 saturated carbocycles. The highest BCUT2D eigenvalue weighted by molar-refractivity contribution is 6.07. The molecule has 1 saturated heterocycles. The molecule has 0 bridgehead atoms. The Morgan fingerprint density at radius 1 is 1.03 bits per heavy atom. The van der Waals surface area contributed by atoms with Crippen LogP contribution in [-0.4, -0.2) is 17.7 Å². The number of nitrogens with one attached hydrogen (secondary N) is 2. The molecular weight excluding hydrogens is 404 g/mol. The Morgan fingerprint density at radius 3 is 2.33 bits per heavy atom. The normalized spacial score (nSPS) is 23.3. The Bertz CT molecular complexity index is 1050. The molecule has 1 heterocycles. The Balaban J connectivity index is 1.59. The number of urea groups is 1. The molecule has 2 unspecified atom stereocenters. The molecule has 2 N–H and O–H groups in total. The highest BCUT2D eigenvalue weighted by atomic mass is 19.4. The largest absolute Gasteiger partial charge is 0.416 e. The zero-order valence-electron chi connectivity index (χ0n) is 15.5. The fraction of sp³-hybridized carbons (Fsp3) is 0.286. The Hall–Kier alpha value is -3.23. The van der Waals surface area contributed by atoms with Gasteiger partial charge in [0.15, 0.2) is 5.78 Å². The lowest BCUT2D eigenvalue weighted by Gasteiger charge is -2.28. The van der Waals surface area contributed by atoms with E-state index in [4.69, 9.17) is 0 Å². The molecule has 1 fully saturated rings. The lowest BCUT2D eigenvalue weighted by molar-refractivity contribution is -0.137. The summed E-state index contributed by atoms with van der Waals surface area (Å²) >= 11 is 0. The second kappa shape index (κ2) is 6.93. The first-order valence-corrected chi connectivity index (χ1v) is 9.24. The van der Waals surface area contributed by atoms with Crippen LogP contribution in [-0.2, 0) is 22.9 Å². The third-order valence-corrected chi connectivity index (χ3v) is 5.69. The van der Waals surface area contributed by atoms with Crippen LogP contribution in [0.5, 0.6) is 0 Å². The molecular formula is C21H16F4N2O3. The number of carbonyl (C=O) groups is 3. The van der Waals surface area contributed by atoms with Crippen LogP contribution in [0.4, 0.5) is 22.4 Å². The van der Waals surface area contributed by atoms with E-state index in [1.807, 2.05) is 0 Å². The average molecular weight is 420 g/mol. The number of alkyl halides is 3. The van der Waals surface area contributed by atoms with Gasteiger partial charge in [-0.2, -0.15) is 13.2 Å². The minimum atomic E-state index is -4.54. The maximum Gasteiger partial charge on any atom is 0.416 e. The van der Waals surface area contributed by atoms with Crippen LogP contribution in [0.15, 0.2) is 42.5 Å². The van der Waals surface area contributed by atoms with Crippen LogP contribution in [0.3, 0.4) is 0 Å². The Morgan fingerprint density at radius 2 is 1.73 bits per heavy atom. The van der Waals surface area contributed by atoms with Gasteiger partial charge in [0.2, 0.25) is 0 Å². The van der Waals surface area contributed by atoms with Gasteiger partial charge in [-0.05, 0) is 54.7 Å². The van der Waals surface area contributed by atoms with Crippen molar-refractivity contribution in [3.05, 3.63) is 70.5 Å². The van der Waals surface area contributed by atoms with Gasteiger partial charge < -0.3 is 5.32 Å². The summed E-state index contributed by atoms with van der Waals surface area (Å²) in [5, 5.41) is 4.63. The summed E-state index contributed by atoms with van der Waals surface area (Å²) in [6.07, 6.45) is -3.98. The molecule has 9 heteroatoms. The molecule has 2 aromatic carbocycles. The fourth-order valence-corrected chi connectivity index (χ4v) is 4.12. The number of hydrogen-bond acceptors (Lipinski definition) is 3. The highest BCUT2D eigenvalue weighted by Crippen LogP contribution is 2.37. The lowest BCUT2D eigenvalue weighted by atomic mass is 9.82. The molecule has 30 heavy (non-hydrogen) atoms. The summed E-state index contributed by atoms with van der Waals surface area (Å²) in [5.74, 6) is -1.98. The zero-order valence-corrected chi connectivity index (χ0v) is 15.5. The summed E-state index contributed by atoms with van der Waals surface area (Å²) < 4.78 is 52.1. The predicted molar refractivity (Wildman–Crippen MR) is 97.0 cm³/mol. The van der Waals surface area contributed by atoms with Crippen molar-refractivity contribution in [1.82, 2.24) is 10.6 Å². The van der Waals surface area contributed by atoms with Gasteiger partial charge in [-0.15, -0.1) is 0 Å². The van der Waals surface area contributed by atoms with Crippen molar-refractivity contribution in [2.24, 2.45) is 5.92 Å². The molecule has 1 aliphatic heterocycles. The smallest absolute Gasteiger partial charge is 0.319 e. The number of rotatable bonds is 4. The monoisotopic (exact) mass is 420 g/mol. The number of carbonyl (C=O) groups excluding carboxylic acids is 3. The molecule has 0 radical (unpaired) electrons. The van der Waals surface area contributed by atoms with Crippen LogP contribution in [0.25, 0.3) is 0 Å². The van der Waals surface area contributed by atoms with E-state index >= 15 is 0 Å². The molecule has 0 spiro atoms. The van der Waals surface area contributed by atoms with E-state index in [0.29, 0.717) is 17.5 Å². The third kappa shape index (κ3) is 3.34. The minimum Gasteiger partial charge on any atom is -0.319 e. The van der Waals surface area contributed by atoms with E-state index in [1.54, 1.807) is 0 Å². The molecule has 2 aromatic rings. The lowest BCUT2D eigenvalue weighted by Crippen LogP contribution is -2.44. The van der Waals surface area contributed by atoms with Gasteiger partial charge in [0, 0.05) is 11.5 Å². The third-order valence-electron chi connectivity index (χ3n) is 5.69. The van der Waals surface area contributed by atoms with E-state index in [0.717, 1.165) is 24.3 Å². The van der Waals surface area contributed by atoms with E-state index in [2.05, 4.69) is 10.6 Å². The number of halogens is 4. The second-order valence-electron chi connectivity index (χ2n) is 7.49. The van der Waals surface area contributed by atoms with Gasteiger partial charge in [-0.1, -0.05) is 18.2 Å². The number of ketones is 1. The quantitative estimate of drug-likeness (QED) is 0.585. The van der Waals surface area contributed by atoms with Crippen molar-refractivity contribution >= 4 is 17.7 Å². The summed E-state index contributed by atoms with van der Waals surface area (Å²) in [6, 6.07) is 7.20. The number of amides is 3. The van der Waals surface area contributed by atoms with E-state index < -0.39 is 41.0 Å². The first-order chi connectivity index (χ1) is 14.1. The van der Waals surface area contributed by atoms with Crippen molar-refractivity contribution < 1.29 is 31.9 Å². The van der Waals surface area contributed by atoms with Crippen molar-refractivity contribution in [3.63, 3.8) is 0 Å².